The number of hydrogen-bond acceptors (Lipinski definition) is 2. The summed E-state index contributed by atoms with van der Waals surface area (Å²) in [5.74, 6) is 1.97. The van der Waals surface area contributed by atoms with Gasteiger partial charge in [-0.2, -0.15) is 0 Å². The second-order valence-electron chi connectivity index (χ2n) is 5.11. The van der Waals surface area contributed by atoms with Crippen LogP contribution in [0.5, 0.6) is 0 Å². The highest BCUT2D eigenvalue weighted by Gasteiger charge is 2.12. The molecular formula is C16H21NO. The molecular weight excluding hydrogens is 222 g/mol. The van der Waals surface area contributed by atoms with E-state index in [2.05, 4.69) is 50.4 Å². The zero-order chi connectivity index (χ0) is 13.3. The Kier molecular flexibility index (Phi) is 3.46. The van der Waals surface area contributed by atoms with E-state index in [4.69, 9.17) is 4.42 Å². The Hall–Kier alpha value is -1.70. The number of anilines is 1. The first-order valence-electron chi connectivity index (χ1n) is 6.37. The average Bonchev–Trinajstić information content (AvgIpc) is 2.56. The van der Waals surface area contributed by atoms with Gasteiger partial charge in [0.25, 0.3) is 0 Å². The molecule has 0 spiro atoms. The standard InChI is InChI=1S/C16H21NO/c1-10-6-11(2)8-15(7-10)17-13(4)16-9-12(3)18-14(16)5/h6-9,13,17H,1-5H3. The molecule has 2 heteroatoms. The minimum Gasteiger partial charge on any atom is -0.466 e. The Balaban J connectivity index is 2.20. The first kappa shape index (κ1) is 12.7. The summed E-state index contributed by atoms with van der Waals surface area (Å²) in [5, 5.41) is 3.53. The molecule has 0 bridgehead atoms. The second-order valence-corrected chi connectivity index (χ2v) is 5.11. The second kappa shape index (κ2) is 4.89. The smallest absolute Gasteiger partial charge is 0.106 e. The molecule has 2 nitrogen and oxygen atoms in total. The van der Waals surface area contributed by atoms with Crippen molar-refractivity contribution in [3.63, 3.8) is 0 Å². The largest absolute Gasteiger partial charge is 0.466 e. The maximum Gasteiger partial charge on any atom is 0.106 e. The summed E-state index contributed by atoms with van der Waals surface area (Å²) in [6, 6.07) is 8.89. The third-order valence-electron chi connectivity index (χ3n) is 3.15. The van der Waals surface area contributed by atoms with Crippen LogP contribution in [0.15, 0.2) is 28.7 Å². The molecule has 0 aliphatic rings. The van der Waals surface area contributed by atoms with Crippen molar-refractivity contribution in [2.45, 2.75) is 40.7 Å². The first-order chi connectivity index (χ1) is 8.45. The monoisotopic (exact) mass is 243 g/mol. The number of aryl methyl sites for hydroxylation is 4. The van der Waals surface area contributed by atoms with Gasteiger partial charge < -0.3 is 9.73 Å². The summed E-state index contributed by atoms with van der Waals surface area (Å²) in [6.45, 7) is 10.4. The van der Waals surface area contributed by atoms with Gasteiger partial charge in [0.15, 0.2) is 0 Å². The molecule has 0 aliphatic carbocycles. The van der Waals surface area contributed by atoms with Crippen LogP contribution in [-0.4, -0.2) is 0 Å². The van der Waals surface area contributed by atoms with Crippen molar-refractivity contribution in [1.82, 2.24) is 0 Å². The lowest BCUT2D eigenvalue weighted by atomic mass is 10.1. The van der Waals surface area contributed by atoms with Gasteiger partial charge in [0.05, 0.1) is 6.04 Å². The fourth-order valence-corrected chi connectivity index (χ4v) is 2.47. The fourth-order valence-electron chi connectivity index (χ4n) is 2.47. The molecule has 0 saturated heterocycles. The molecule has 2 rings (SSSR count). The van der Waals surface area contributed by atoms with Gasteiger partial charge in [0, 0.05) is 11.3 Å². The van der Waals surface area contributed by atoms with E-state index in [0.29, 0.717) is 0 Å². The van der Waals surface area contributed by atoms with Crippen LogP contribution < -0.4 is 5.32 Å². The van der Waals surface area contributed by atoms with Crippen molar-refractivity contribution >= 4 is 5.69 Å². The van der Waals surface area contributed by atoms with Gasteiger partial charge in [0.2, 0.25) is 0 Å². The quantitative estimate of drug-likeness (QED) is 0.846. The lowest BCUT2D eigenvalue weighted by Gasteiger charge is -2.15. The zero-order valence-electron chi connectivity index (χ0n) is 11.8. The highest BCUT2D eigenvalue weighted by atomic mass is 16.3. The van der Waals surface area contributed by atoms with Crippen molar-refractivity contribution in [2.24, 2.45) is 0 Å². The van der Waals surface area contributed by atoms with Crippen molar-refractivity contribution < 1.29 is 4.42 Å². The number of nitrogens with one attached hydrogen (secondary N) is 1. The molecule has 1 aromatic carbocycles. The van der Waals surface area contributed by atoms with Gasteiger partial charge in [0.1, 0.15) is 11.5 Å². The van der Waals surface area contributed by atoms with Crippen LogP contribution in [-0.2, 0) is 0 Å². The number of furan rings is 1. The summed E-state index contributed by atoms with van der Waals surface area (Å²) in [6.07, 6.45) is 0. The molecule has 18 heavy (non-hydrogen) atoms. The van der Waals surface area contributed by atoms with Crippen LogP contribution in [0.1, 0.15) is 41.2 Å². The summed E-state index contributed by atoms with van der Waals surface area (Å²) in [5.41, 5.74) is 4.96. The third-order valence-corrected chi connectivity index (χ3v) is 3.15. The molecule has 1 N–H and O–H groups in total. The Labute approximate surface area is 109 Å². The summed E-state index contributed by atoms with van der Waals surface area (Å²) < 4.78 is 5.58. The van der Waals surface area contributed by atoms with E-state index in [1.807, 2.05) is 13.8 Å². The molecule has 0 fully saturated rings. The highest BCUT2D eigenvalue weighted by molar-refractivity contribution is 5.50. The van der Waals surface area contributed by atoms with E-state index >= 15 is 0 Å². The van der Waals surface area contributed by atoms with Crippen molar-refractivity contribution in [2.75, 3.05) is 5.32 Å². The Morgan fingerprint density at radius 2 is 1.56 bits per heavy atom. The first-order valence-corrected chi connectivity index (χ1v) is 6.37. The normalized spacial score (nSPS) is 12.5. The van der Waals surface area contributed by atoms with Crippen LogP contribution in [0.4, 0.5) is 5.69 Å². The van der Waals surface area contributed by atoms with Crippen molar-refractivity contribution in [1.29, 1.82) is 0 Å². The van der Waals surface area contributed by atoms with Crippen LogP contribution in [0.25, 0.3) is 0 Å². The Morgan fingerprint density at radius 1 is 0.944 bits per heavy atom. The molecule has 2 aromatic rings. The van der Waals surface area contributed by atoms with Crippen LogP contribution in [0.2, 0.25) is 0 Å². The number of benzene rings is 1. The molecule has 1 heterocycles. The molecule has 96 valence electrons. The zero-order valence-corrected chi connectivity index (χ0v) is 11.8. The highest BCUT2D eigenvalue weighted by Crippen LogP contribution is 2.25. The van der Waals surface area contributed by atoms with Gasteiger partial charge in [-0.25, -0.2) is 0 Å². The fraction of sp³-hybridized carbons (Fsp3) is 0.375. The van der Waals surface area contributed by atoms with Gasteiger partial charge in [-0.3, -0.25) is 0 Å². The maximum absolute atomic E-state index is 5.58. The lowest BCUT2D eigenvalue weighted by Crippen LogP contribution is -2.07. The average molecular weight is 243 g/mol. The third kappa shape index (κ3) is 2.76. The van der Waals surface area contributed by atoms with Crippen molar-refractivity contribution in [3.8, 4) is 0 Å². The SMILES string of the molecule is Cc1cc(C)cc(NC(C)c2cc(C)oc2C)c1. The maximum atomic E-state index is 5.58. The van der Waals surface area contributed by atoms with Gasteiger partial charge in [-0.1, -0.05) is 6.07 Å². The molecule has 0 amide bonds. The minimum atomic E-state index is 0.253. The van der Waals surface area contributed by atoms with Gasteiger partial charge in [-0.15, -0.1) is 0 Å². The molecule has 0 aliphatic heterocycles. The molecule has 1 aromatic heterocycles. The van der Waals surface area contributed by atoms with Gasteiger partial charge in [-0.05, 0) is 63.9 Å². The summed E-state index contributed by atoms with van der Waals surface area (Å²) in [4.78, 5) is 0. The predicted octanol–water partition coefficient (Wildman–Crippen LogP) is 4.69. The Bertz CT molecular complexity index is 534. The van der Waals surface area contributed by atoms with Crippen LogP contribution in [0, 0.1) is 27.7 Å². The summed E-state index contributed by atoms with van der Waals surface area (Å²) in [7, 11) is 0. The topological polar surface area (TPSA) is 25.2 Å². The van der Waals surface area contributed by atoms with E-state index in [9.17, 15) is 0 Å². The van der Waals surface area contributed by atoms with E-state index in [-0.39, 0.29) is 6.04 Å². The van der Waals surface area contributed by atoms with E-state index < -0.39 is 0 Å². The predicted molar refractivity (Wildman–Crippen MR) is 76.1 cm³/mol. The van der Waals surface area contributed by atoms with Crippen LogP contribution in [0.3, 0.4) is 0 Å². The minimum absolute atomic E-state index is 0.253. The molecule has 0 saturated carbocycles. The van der Waals surface area contributed by atoms with E-state index in [1.54, 1.807) is 0 Å². The Morgan fingerprint density at radius 3 is 2.06 bits per heavy atom. The van der Waals surface area contributed by atoms with E-state index in [1.165, 1.54) is 22.4 Å². The number of hydrogen-bond donors (Lipinski definition) is 1. The molecule has 1 atom stereocenters. The molecule has 0 radical (unpaired) electrons. The summed E-state index contributed by atoms with van der Waals surface area (Å²) >= 11 is 0. The van der Waals surface area contributed by atoms with Crippen LogP contribution >= 0.6 is 0 Å². The van der Waals surface area contributed by atoms with Crippen molar-refractivity contribution in [3.05, 3.63) is 52.5 Å². The van der Waals surface area contributed by atoms with E-state index in [0.717, 1.165) is 11.5 Å². The molecule has 1 unspecified atom stereocenters. The van der Waals surface area contributed by atoms with Gasteiger partial charge >= 0.3 is 0 Å². The lowest BCUT2D eigenvalue weighted by molar-refractivity contribution is 0.500. The number of rotatable bonds is 3.